The molecule has 26 heavy (non-hydrogen) atoms. The molecular formula is C24H50O2. The van der Waals surface area contributed by atoms with Crippen LogP contribution in [0.15, 0.2) is 0 Å². The molecule has 0 aromatic heterocycles. The lowest BCUT2D eigenvalue weighted by atomic mass is 9.84. The van der Waals surface area contributed by atoms with E-state index in [1.807, 2.05) is 0 Å². The summed E-state index contributed by atoms with van der Waals surface area (Å²) in [5.74, 6) is 3.42. The Morgan fingerprint density at radius 2 is 1.08 bits per heavy atom. The van der Waals surface area contributed by atoms with Crippen molar-refractivity contribution >= 4 is 0 Å². The first kappa shape index (κ1) is 25.9. The van der Waals surface area contributed by atoms with E-state index in [0.717, 1.165) is 43.3 Å². The Balaban J connectivity index is 3.53. The van der Waals surface area contributed by atoms with Crippen molar-refractivity contribution in [1.29, 1.82) is 0 Å². The summed E-state index contributed by atoms with van der Waals surface area (Å²) in [4.78, 5) is 0. The fourth-order valence-electron chi connectivity index (χ4n) is 4.32. The second-order valence-electron chi connectivity index (χ2n) is 9.05. The smallest absolute Gasteiger partial charge is 0.146 e. The van der Waals surface area contributed by atoms with Crippen molar-refractivity contribution < 1.29 is 9.47 Å². The van der Waals surface area contributed by atoms with Crippen LogP contribution in [0.3, 0.4) is 0 Å². The predicted octanol–water partition coefficient (Wildman–Crippen LogP) is 7.85. The molecule has 2 nitrogen and oxygen atoms in total. The SMILES string of the molecule is CCCCCCOCOCCCC(C)CC(C)CC(C)CC(C)CCC. The number of ether oxygens (including phenoxy) is 2. The number of unbranched alkanes of at least 4 members (excludes halogenated alkanes) is 3. The van der Waals surface area contributed by atoms with Crippen LogP contribution in [-0.2, 0) is 9.47 Å². The van der Waals surface area contributed by atoms with Gasteiger partial charge >= 0.3 is 0 Å². The third-order valence-electron chi connectivity index (χ3n) is 5.49. The van der Waals surface area contributed by atoms with E-state index in [9.17, 15) is 0 Å². The molecule has 4 unspecified atom stereocenters. The minimum atomic E-state index is 0.477. The van der Waals surface area contributed by atoms with Gasteiger partial charge in [0.25, 0.3) is 0 Å². The Labute approximate surface area is 165 Å². The molecule has 0 aromatic carbocycles. The Morgan fingerprint density at radius 3 is 1.65 bits per heavy atom. The van der Waals surface area contributed by atoms with Gasteiger partial charge in [-0.15, -0.1) is 0 Å². The highest BCUT2D eigenvalue weighted by Gasteiger charge is 2.14. The van der Waals surface area contributed by atoms with Gasteiger partial charge in [0.05, 0.1) is 0 Å². The second-order valence-corrected chi connectivity index (χ2v) is 9.05. The summed E-state index contributed by atoms with van der Waals surface area (Å²) in [5, 5.41) is 0. The second kappa shape index (κ2) is 18.3. The van der Waals surface area contributed by atoms with Gasteiger partial charge in [-0.1, -0.05) is 73.6 Å². The molecule has 0 spiro atoms. The lowest BCUT2D eigenvalue weighted by Gasteiger charge is -2.22. The van der Waals surface area contributed by atoms with Gasteiger partial charge in [-0.05, 0) is 62.2 Å². The maximum absolute atomic E-state index is 5.60. The topological polar surface area (TPSA) is 18.5 Å². The van der Waals surface area contributed by atoms with Gasteiger partial charge in [0, 0.05) is 13.2 Å². The quantitative estimate of drug-likeness (QED) is 0.170. The minimum Gasteiger partial charge on any atom is -0.355 e. The van der Waals surface area contributed by atoms with E-state index in [4.69, 9.17) is 9.47 Å². The highest BCUT2D eigenvalue weighted by Crippen LogP contribution is 2.26. The normalized spacial score (nSPS) is 16.4. The van der Waals surface area contributed by atoms with Gasteiger partial charge in [0.1, 0.15) is 6.79 Å². The number of hydrogen-bond donors (Lipinski definition) is 0. The van der Waals surface area contributed by atoms with Crippen LogP contribution < -0.4 is 0 Å². The van der Waals surface area contributed by atoms with E-state index in [0.29, 0.717) is 6.79 Å². The zero-order valence-electron chi connectivity index (χ0n) is 19.0. The summed E-state index contributed by atoms with van der Waals surface area (Å²) in [5.41, 5.74) is 0. The molecule has 0 saturated carbocycles. The highest BCUT2D eigenvalue weighted by molar-refractivity contribution is 4.66. The van der Waals surface area contributed by atoms with Gasteiger partial charge < -0.3 is 9.47 Å². The Bertz CT molecular complexity index is 279. The fraction of sp³-hybridized carbons (Fsp3) is 1.00. The molecule has 0 aliphatic heterocycles. The van der Waals surface area contributed by atoms with Crippen LogP contribution in [0, 0.1) is 23.7 Å². The van der Waals surface area contributed by atoms with Crippen molar-refractivity contribution in [3.05, 3.63) is 0 Å². The molecule has 2 heteroatoms. The van der Waals surface area contributed by atoms with Crippen LogP contribution in [0.2, 0.25) is 0 Å². The number of rotatable bonds is 19. The van der Waals surface area contributed by atoms with Gasteiger partial charge in [-0.25, -0.2) is 0 Å². The molecule has 0 N–H and O–H groups in total. The van der Waals surface area contributed by atoms with Crippen LogP contribution >= 0.6 is 0 Å². The van der Waals surface area contributed by atoms with Crippen molar-refractivity contribution in [2.45, 2.75) is 112 Å². The summed E-state index contributed by atoms with van der Waals surface area (Å²) < 4.78 is 11.1. The molecule has 0 aromatic rings. The molecule has 0 saturated heterocycles. The highest BCUT2D eigenvalue weighted by atomic mass is 16.7. The molecule has 0 aliphatic rings. The van der Waals surface area contributed by atoms with Crippen molar-refractivity contribution in [2.24, 2.45) is 23.7 Å². The molecule has 4 atom stereocenters. The summed E-state index contributed by atoms with van der Waals surface area (Å²) in [6.07, 6.45) is 14.4. The summed E-state index contributed by atoms with van der Waals surface area (Å²) in [6, 6.07) is 0. The average Bonchev–Trinajstić information content (AvgIpc) is 2.56. The summed E-state index contributed by atoms with van der Waals surface area (Å²) >= 11 is 0. The molecule has 0 rings (SSSR count). The number of hydrogen-bond acceptors (Lipinski definition) is 2. The van der Waals surface area contributed by atoms with Crippen LogP contribution in [0.1, 0.15) is 112 Å². The van der Waals surface area contributed by atoms with E-state index < -0.39 is 0 Å². The first-order chi connectivity index (χ1) is 12.5. The molecule has 0 bridgehead atoms. The van der Waals surface area contributed by atoms with Crippen molar-refractivity contribution in [3.8, 4) is 0 Å². The maximum atomic E-state index is 5.60. The van der Waals surface area contributed by atoms with Gasteiger partial charge in [0.15, 0.2) is 0 Å². The lowest BCUT2D eigenvalue weighted by Crippen LogP contribution is -2.11. The average molecular weight is 371 g/mol. The van der Waals surface area contributed by atoms with Crippen molar-refractivity contribution in [2.75, 3.05) is 20.0 Å². The van der Waals surface area contributed by atoms with Crippen molar-refractivity contribution in [1.82, 2.24) is 0 Å². The van der Waals surface area contributed by atoms with E-state index in [1.54, 1.807) is 0 Å². The monoisotopic (exact) mass is 370 g/mol. The lowest BCUT2D eigenvalue weighted by molar-refractivity contribution is -0.0561. The van der Waals surface area contributed by atoms with Crippen LogP contribution in [0.5, 0.6) is 0 Å². The summed E-state index contributed by atoms with van der Waals surface area (Å²) in [6.45, 7) is 16.4. The zero-order chi connectivity index (χ0) is 19.6. The van der Waals surface area contributed by atoms with Gasteiger partial charge in [0.2, 0.25) is 0 Å². The van der Waals surface area contributed by atoms with Gasteiger partial charge in [-0.2, -0.15) is 0 Å². The molecule has 0 heterocycles. The molecule has 158 valence electrons. The van der Waals surface area contributed by atoms with E-state index in [2.05, 4.69) is 41.5 Å². The molecule has 0 fully saturated rings. The molecule has 0 radical (unpaired) electrons. The first-order valence-corrected chi connectivity index (χ1v) is 11.6. The maximum Gasteiger partial charge on any atom is 0.146 e. The third kappa shape index (κ3) is 17.3. The van der Waals surface area contributed by atoms with Gasteiger partial charge in [-0.3, -0.25) is 0 Å². The Hall–Kier alpha value is -0.0800. The van der Waals surface area contributed by atoms with E-state index in [-0.39, 0.29) is 0 Å². The Morgan fingerprint density at radius 1 is 0.538 bits per heavy atom. The van der Waals surface area contributed by atoms with Crippen molar-refractivity contribution in [3.63, 3.8) is 0 Å². The first-order valence-electron chi connectivity index (χ1n) is 11.6. The standard InChI is InChI=1S/C24H50O2/c1-7-9-10-11-15-25-20-26-16-12-14-22(4)18-24(6)19-23(5)17-21(3)13-8-2/h21-24H,7-20H2,1-6H3. The third-order valence-corrected chi connectivity index (χ3v) is 5.49. The molecule has 0 amide bonds. The molecule has 0 aliphatic carbocycles. The van der Waals surface area contributed by atoms with E-state index in [1.165, 1.54) is 64.2 Å². The Kier molecular flexibility index (Phi) is 18.2. The van der Waals surface area contributed by atoms with E-state index >= 15 is 0 Å². The molecular weight excluding hydrogens is 320 g/mol. The largest absolute Gasteiger partial charge is 0.355 e. The summed E-state index contributed by atoms with van der Waals surface area (Å²) in [7, 11) is 0. The van der Waals surface area contributed by atoms with Crippen LogP contribution in [0.4, 0.5) is 0 Å². The minimum absolute atomic E-state index is 0.477. The van der Waals surface area contributed by atoms with Crippen LogP contribution in [0.25, 0.3) is 0 Å². The predicted molar refractivity (Wildman–Crippen MR) is 116 cm³/mol. The van der Waals surface area contributed by atoms with Crippen LogP contribution in [-0.4, -0.2) is 20.0 Å². The zero-order valence-corrected chi connectivity index (χ0v) is 19.0. The fourth-order valence-corrected chi connectivity index (χ4v) is 4.32.